The van der Waals surface area contributed by atoms with Gasteiger partial charge in [-0.1, -0.05) is 49.0 Å². The predicted molar refractivity (Wildman–Crippen MR) is 134 cm³/mol. The number of nitrogens with two attached hydrogens (primary N) is 2. The van der Waals surface area contributed by atoms with Crippen LogP contribution < -0.4 is 22.1 Å². The number of amides is 2. The van der Waals surface area contributed by atoms with E-state index in [1.165, 1.54) is 0 Å². The van der Waals surface area contributed by atoms with Crippen molar-refractivity contribution >= 4 is 11.8 Å². The van der Waals surface area contributed by atoms with Gasteiger partial charge in [0.05, 0.1) is 24.3 Å². The molecule has 0 saturated heterocycles. The van der Waals surface area contributed by atoms with Crippen LogP contribution in [0, 0.1) is 23.7 Å². The van der Waals surface area contributed by atoms with E-state index in [0.717, 1.165) is 25.7 Å². The van der Waals surface area contributed by atoms with Gasteiger partial charge in [-0.25, -0.2) is 0 Å². The van der Waals surface area contributed by atoms with Crippen molar-refractivity contribution in [1.29, 1.82) is 0 Å². The van der Waals surface area contributed by atoms with Gasteiger partial charge in [0.2, 0.25) is 11.8 Å². The fourth-order valence-corrected chi connectivity index (χ4v) is 4.06. The molecule has 8 nitrogen and oxygen atoms in total. The first-order chi connectivity index (χ1) is 14.8. The second-order valence-corrected chi connectivity index (χ2v) is 10.7. The van der Waals surface area contributed by atoms with E-state index in [1.807, 2.05) is 41.5 Å². The van der Waals surface area contributed by atoms with Gasteiger partial charge in [0, 0.05) is 12.1 Å². The second-order valence-electron chi connectivity index (χ2n) is 10.7. The normalized spacial score (nSPS) is 31.5. The van der Waals surface area contributed by atoms with Gasteiger partial charge in [-0.15, -0.1) is 0 Å². The van der Waals surface area contributed by atoms with Gasteiger partial charge < -0.3 is 32.3 Å². The third kappa shape index (κ3) is 10.7. The van der Waals surface area contributed by atoms with Crippen molar-refractivity contribution in [1.82, 2.24) is 10.6 Å². The van der Waals surface area contributed by atoms with E-state index in [-0.39, 0.29) is 55.4 Å². The molecule has 0 aromatic carbocycles. The lowest BCUT2D eigenvalue weighted by Crippen LogP contribution is -2.50. The number of rotatable bonds is 6. The summed E-state index contributed by atoms with van der Waals surface area (Å²) in [5.41, 5.74) is 11.5. The molecule has 0 heterocycles. The van der Waals surface area contributed by atoms with E-state index in [2.05, 4.69) is 10.6 Å². The molecule has 0 unspecified atom stereocenters. The van der Waals surface area contributed by atoms with E-state index in [9.17, 15) is 19.8 Å². The highest BCUT2D eigenvalue weighted by Crippen LogP contribution is 2.25. The molecule has 2 aliphatic rings. The molecule has 0 spiro atoms. The Morgan fingerprint density at radius 1 is 0.727 bits per heavy atom. The maximum atomic E-state index is 11.7. The zero-order chi connectivity index (χ0) is 24.6. The monoisotopic (exact) mass is 472 g/mol. The van der Waals surface area contributed by atoms with Crippen LogP contribution in [0.1, 0.15) is 87.5 Å². The van der Waals surface area contributed by atoms with Crippen molar-refractivity contribution in [2.24, 2.45) is 35.1 Å². The molecule has 8 heteroatoms. The molecule has 2 fully saturated rings. The molecule has 0 aromatic heterocycles. The number of hydrogen-bond donors (Lipinski definition) is 6. The summed E-state index contributed by atoms with van der Waals surface area (Å²) < 4.78 is 0. The third-order valence-corrected chi connectivity index (χ3v) is 7.04. The van der Waals surface area contributed by atoms with Crippen molar-refractivity contribution in [3.05, 3.63) is 0 Å². The molecule has 33 heavy (non-hydrogen) atoms. The summed E-state index contributed by atoms with van der Waals surface area (Å²) in [7, 11) is 0. The van der Waals surface area contributed by atoms with Gasteiger partial charge in [0.25, 0.3) is 0 Å². The van der Waals surface area contributed by atoms with E-state index < -0.39 is 12.1 Å². The highest BCUT2D eigenvalue weighted by Gasteiger charge is 2.29. The second kappa shape index (κ2) is 14.9. The van der Waals surface area contributed by atoms with Crippen molar-refractivity contribution in [2.45, 2.75) is 124 Å². The summed E-state index contributed by atoms with van der Waals surface area (Å²) in [5, 5.41) is 25.3. The minimum atomic E-state index is -0.448. The Kier molecular flexibility index (Phi) is 14.4. The lowest BCUT2D eigenvalue weighted by Gasteiger charge is -2.32. The van der Waals surface area contributed by atoms with E-state index in [4.69, 9.17) is 11.5 Å². The molecule has 196 valence electrons. The van der Waals surface area contributed by atoms with Crippen LogP contribution in [0.4, 0.5) is 0 Å². The number of aliphatic hydroxyl groups is 2. The average Bonchev–Trinajstić information content (AvgIpc) is 2.72. The summed E-state index contributed by atoms with van der Waals surface area (Å²) in [4.78, 5) is 23.4. The van der Waals surface area contributed by atoms with Gasteiger partial charge in [0.15, 0.2) is 0 Å². The minimum absolute atomic E-state index is 0. The van der Waals surface area contributed by atoms with E-state index >= 15 is 0 Å². The van der Waals surface area contributed by atoms with Crippen LogP contribution in [0.25, 0.3) is 0 Å². The molecule has 0 radical (unpaired) electrons. The molecule has 2 rings (SSSR count). The van der Waals surface area contributed by atoms with Gasteiger partial charge in [-0.2, -0.15) is 0 Å². The molecule has 0 bridgehead atoms. The number of carbonyl (C=O) groups is 2. The average molecular weight is 473 g/mol. The van der Waals surface area contributed by atoms with Gasteiger partial charge >= 0.3 is 0 Å². The maximum absolute atomic E-state index is 11.7. The third-order valence-electron chi connectivity index (χ3n) is 7.04. The predicted octanol–water partition coefficient (Wildman–Crippen LogP) is 1.91. The minimum Gasteiger partial charge on any atom is -0.393 e. The highest BCUT2D eigenvalue weighted by atomic mass is 16.3. The number of carbonyl (C=O) groups excluding carboxylic acids is 2. The van der Waals surface area contributed by atoms with Crippen LogP contribution in [0.2, 0.25) is 0 Å². The molecule has 2 amide bonds. The van der Waals surface area contributed by atoms with Crippen molar-refractivity contribution in [3.63, 3.8) is 0 Å². The SMILES string of the molecule is C.CC(C)[C@@H](N)C(=O)N[C@@H]1CC[C@@H](C)[C@H](O)C1.CC(C)[C@@H](N)C(=O)N[C@H]1CC[C@H](C)[C@@H](O)C1. The Bertz CT molecular complexity index is 537. The van der Waals surface area contributed by atoms with Gasteiger partial charge in [-0.05, 0) is 62.2 Å². The van der Waals surface area contributed by atoms with Crippen LogP contribution in [0.5, 0.6) is 0 Å². The summed E-state index contributed by atoms with van der Waals surface area (Å²) >= 11 is 0. The Morgan fingerprint density at radius 2 is 1.03 bits per heavy atom. The number of nitrogens with one attached hydrogen (secondary N) is 2. The number of hydrogen-bond acceptors (Lipinski definition) is 6. The molecule has 2 saturated carbocycles. The molecular weight excluding hydrogens is 420 g/mol. The van der Waals surface area contributed by atoms with E-state index in [0.29, 0.717) is 24.7 Å². The topological polar surface area (TPSA) is 151 Å². The molecule has 0 aliphatic heterocycles. The Hall–Kier alpha value is -1.22. The standard InChI is InChI=1S/2C12H24N2O2.CH4/c2*1-7(2)11(13)12(16)14-9-5-4-8(3)10(15)6-9;/h2*7-11,15H,4-6,13H2,1-3H3,(H,14,16);1H4/t8-,9-,10-,11+;8-,9-,10-,11-;/m01./s1. The summed E-state index contributed by atoms with van der Waals surface area (Å²) in [6.45, 7) is 11.8. The van der Waals surface area contributed by atoms with Crippen LogP contribution in [0.15, 0.2) is 0 Å². The van der Waals surface area contributed by atoms with Gasteiger partial charge in [0.1, 0.15) is 0 Å². The van der Waals surface area contributed by atoms with Crippen LogP contribution in [-0.4, -0.2) is 58.4 Å². The quantitative estimate of drug-likeness (QED) is 0.347. The first kappa shape index (κ1) is 31.8. The first-order valence-electron chi connectivity index (χ1n) is 12.3. The fourth-order valence-electron chi connectivity index (χ4n) is 4.06. The molecule has 8 N–H and O–H groups in total. The van der Waals surface area contributed by atoms with Gasteiger partial charge in [-0.3, -0.25) is 9.59 Å². The fraction of sp³-hybridized carbons (Fsp3) is 0.920. The van der Waals surface area contributed by atoms with Crippen LogP contribution in [-0.2, 0) is 9.59 Å². The summed E-state index contributed by atoms with van der Waals surface area (Å²) in [6, 6.07) is -0.722. The Balaban J connectivity index is 0.000000602. The van der Waals surface area contributed by atoms with Crippen LogP contribution >= 0.6 is 0 Å². The van der Waals surface area contributed by atoms with Crippen molar-refractivity contribution < 1.29 is 19.8 Å². The Labute approximate surface area is 201 Å². The van der Waals surface area contributed by atoms with Crippen molar-refractivity contribution in [3.8, 4) is 0 Å². The first-order valence-corrected chi connectivity index (χ1v) is 12.3. The smallest absolute Gasteiger partial charge is 0.237 e. The molecule has 2 aliphatic carbocycles. The zero-order valence-corrected chi connectivity index (χ0v) is 20.9. The molecule has 0 aromatic rings. The van der Waals surface area contributed by atoms with E-state index in [1.54, 1.807) is 0 Å². The Morgan fingerprint density at radius 3 is 1.27 bits per heavy atom. The number of aliphatic hydroxyl groups excluding tert-OH is 2. The largest absolute Gasteiger partial charge is 0.393 e. The molecular formula is C25H52N4O4. The lowest BCUT2D eigenvalue weighted by atomic mass is 9.84. The summed E-state index contributed by atoms with van der Waals surface area (Å²) in [5.74, 6) is 0.780. The summed E-state index contributed by atoms with van der Waals surface area (Å²) in [6.07, 6.45) is 4.51. The highest BCUT2D eigenvalue weighted by molar-refractivity contribution is 5.82. The molecule has 8 atom stereocenters. The van der Waals surface area contributed by atoms with Crippen molar-refractivity contribution in [2.75, 3.05) is 0 Å². The van der Waals surface area contributed by atoms with Crippen LogP contribution in [0.3, 0.4) is 0 Å². The zero-order valence-electron chi connectivity index (χ0n) is 20.9. The lowest BCUT2D eigenvalue weighted by molar-refractivity contribution is -0.125. The maximum Gasteiger partial charge on any atom is 0.237 e.